The number of aliphatic carboxylic acids is 4. The van der Waals surface area contributed by atoms with E-state index in [1.165, 1.54) is 0 Å². The van der Waals surface area contributed by atoms with Crippen molar-refractivity contribution in [3.63, 3.8) is 0 Å². The van der Waals surface area contributed by atoms with Gasteiger partial charge in [-0.2, -0.15) is 0 Å². The highest BCUT2D eigenvalue weighted by Gasteiger charge is 2.49. The van der Waals surface area contributed by atoms with Gasteiger partial charge in [-0.3, -0.25) is 19.2 Å². The lowest BCUT2D eigenvalue weighted by atomic mass is 9.55. The van der Waals surface area contributed by atoms with Gasteiger partial charge in [-0.05, 0) is 148 Å². The number of carboxylic acid groups (broad SMARTS) is 4. The minimum atomic E-state index is -0.744. The smallest absolute Gasteiger partial charge is 0.306 e. The zero-order chi connectivity index (χ0) is 32.0. The van der Waals surface area contributed by atoms with Crippen molar-refractivity contribution in [1.82, 2.24) is 0 Å². The first-order valence-corrected chi connectivity index (χ1v) is 17.6. The summed E-state index contributed by atoms with van der Waals surface area (Å²) >= 11 is 0. The Labute approximate surface area is 262 Å². The molecule has 0 aromatic rings. The van der Waals surface area contributed by atoms with Crippen LogP contribution in [0.3, 0.4) is 0 Å². The van der Waals surface area contributed by atoms with Gasteiger partial charge < -0.3 is 20.4 Å². The summed E-state index contributed by atoms with van der Waals surface area (Å²) in [5, 5.41) is 40.8. The third-order valence-electron chi connectivity index (χ3n) is 14.5. The fraction of sp³-hybridized carbons (Fsp3) is 0.889. The Balaban J connectivity index is 1.55. The molecule has 8 heteroatoms. The molecule has 4 N–H and O–H groups in total. The maximum absolute atomic E-state index is 12.4. The molecule has 44 heavy (non-hydrogen) atoms. The van der Waals surface area contributed by atoms with Gasteiger partial charge >= 0.3 is 23.9 Å². The molecule has 0 spiro atoms. The Morgan fingerprint density at radius 2 is 0.455 bits per heavy atom. The Morgan fingerprint density at radius 3 is 0.568 bits per heavy atom. The van der Waals surface area contributed by atoms with Crippen molar-refractivity contribution in [2.45, 2.75) is 105 Å². The van der Waals surface area contributed by atoms with Crippen LogP contribution < -0.4 is 0 Å². The van der Waals surface area contributed by atoms with Crippen molar-refractivity contribution in [2.24, 2.45) is 94.7 Å². The average Bonchev–Trinajstić information content (AvgIpc) is 3.01. The second kappa shape index (κ2) is 13.3. The van der Waals surface area contributed by atoms with Crippen LogP contribution >= 0.6 is 0 Å². The van der Waals surface area contributed by atoms with Crippen LogP contribution in [0.25, 0.3) is 0 Å². The Kier molecular flexibility index (Phi) is 10.1. The van der Waals surface area contributed by atoms with E-state index >= 15 is 0 Å². The highest BCUT2D eigenvalue weighted by Crippen LogP contribution is 2.54. The third kappa shape index (κ3) is 6.84. The molecule has 248 valence electrons. The minimum Gasteiger partial charge on any atom is -0.481 e. The predicted molar refractivity (Wildman–Crippen MR) is 164 cm³/mol. The topological polar surface area (TPSA) is 149 Å². The van der Waals surface area contributed by atoms with E-state index in [2.05, 4.69) is 27.7 Å². The molecule has 0 aromatic carbocycles. The summed E-state index contributed by atoms with van der Waals surface area (Å²) < 4.78 is 0. The van der Waals surface area contributed by atoms with Gasteiger partial charge in [-0.1, -0.05) is 27.7 Å². The number of rotatable bonds is 4. The third-order valence-corrected chi connectivity index (χ3v) is 14.5. The van der Waals surface area contributed by atoms with Crippen LogP contribution in [0.15, 0.2) is 0 Å². The molecule has 0 aliphatic heterocycles. The van der Waals surface area contributed by atoms with Crippen molar-refractivity contribution >= 4 is 23.9 Å². The zero-order valence-corrected chi connectivity index (χ0v) is 27.1. The molecule has 5 aliphatic carbocycles. The van der Waals surface area contributed by atoms with E-state index in [0.29, 0.717) is 51.4 Å². The van der Waals surface area contributed by atoms with Gasteiger partial charge in [0.15, 0.2) is 0 Å². The number of carboxylic acids is 4. The van der Waals surface area contributed by atoms with Gasteiger partial charge in [0, 0.05) is 0 Å². The van der Waals surface area contributed by atoms with Crippen LogP contribution in [-0.4, -0.2) is 44.3 Å². The first kappa shape index (κ1) is 33.2. The molecule has 8 unspecified atom stereocenters. The average molecular weight is 617 g/mol. The standard InChI is InChI=1S/C36H56O8/c1-17-21-5-23(11-29(9-21)33(37)38)18(2)25-7-27(15-31(13-25)35(41)42)20(4)28-8-26(14-32(16-28)36(43)44)19(3)24-6-22(17)10-30(12-24)34(39)40/h17-32H,5-16H2,1-4H3,(H,37,38)(H,39,40)(H,41,42)(H,43,44). The molecule has 0 saturated heterocycles. The Hall–Kier alpha value is -2.12. The monoisotopic (exact) mass is 616 g/mol. The van der Waals surface area contributed by atoms with Gasteiger partial charge in [-0.15, -0.1) is 0 Å². The Bertz CT molecular complexity index is 872. The van der Waals surface area contributed by atoms with Gasteiger partial charge in [0.1, 0.15) is 0 Å². The quantitative estimate of drug-likeness (QED) is 0.263. The molecule has 8 bridgehead atoms. The van der Waals surface area contributed by atoms with E-state index in [1.54, 1.807) is 0 Å². The van der Waals surface area contributed by atoms with Crippen LogP contribution in [-0.2, 0) is 19.2 Å². The molecular weight excluding hydrogens is 560 g/mol. The predicted octanol–water partition coefficient (Wildman–Crippen LogP) is 7.01. The molecule has 8 nitrogen and oxygen atoms in total. The summed E-state index contributed by atoms with van der Waals surface area (Å²) in [4.78, 5) is 49.8. The maximum atomic E-state index is 12.4. The van der Waals surface area contributed by atoms with Crippen LogP contribution in [0.5, 0.6) is 0 Å². The molecule has 5 aliphatic rings. The van der Waals surface area contributed by atoms with Gasteiger partial charge in [0.05, 0.1) is 23.7 Å². The number of hydrogen-bond acceptors (Lipinski definition) is 4. The van der Waals surface area contributed by atoms with E-state index in [1.807, 2.05) is 0 Å². The first-order chi connectivity index (χ1) is 20.7. The van der Waals surface area contributed by atoms with Crippen LogP contribution in [0.2, 0.25) is 0 Å². The fourth-order valence-electron chi connectivity index (χ4n) is 11.4. The molecular formula is C36H56O8. The molecule has 0 aromatic heterocycles. The lowest BCUT2D eigenvalue weighted by molar-refractivity contribution is -0.146. The summed E-state index contributed by atoms with van der Waals surface area (Å²) in [5.74, 6) is -2.27. The van der Waals surface area contributed by atoms with Crippen molar-refractivity contribution < 1.29 is 39.6 Å². The summed E-state index contributed by atoms with van der Waals surface area (Å²) in [6.45, 7) is 8.91. The van der Waals surface area contributed by atoms with Gasteiger partial charge in [0.25, 0.3) is 0 Å². The number of carbonyl (C=O) groups is 4. The van der Waals surface area contributed by atoms with E-state index < -0.39 is 47.5 Å². The lowest BCUT2D eigenvalue weighted by Gasteiger charge is -2.50. The molecule has 0 amide bonds. The van der Waals surface area contributed by atoms with Gasteiger partial charge in [0.2, 0.25) is 0 Å². The summed E-state index contributed by atoms with van der Waals surface area (Å²) in [6, 6.07) is 0. The molecule has 0 radical (unpaired) electrons. The normalized spacial score (nSPS) is 48.1. The van der Waals surface area contributed by atoms with E-state index in [4.69, 9.17) is 0 Å². The van der Waals surface area contributed by atoms with E-state index in [9.17, 15) is 39.6 Å². The summed E-state index contributed by atoms with van der Waals surface area (Å²) in [5.41, 5.74) is 0. The zero-order valence-electron chi connectivity index (χ0n) is 27.1. The molecule has 5 saturated carbocycles. The second-order valence-electron chi connectivity index (χ2n) is 16.5. The second-order valence-corrected chi connectivity index (χ2v) is 16.5. The van der Waals surface area contributed by atoms with Crippen LogP contribution in [0.4, 0.5) is 0 Å². The number of hydrogen-bond donors (Lipinski definition) is 4. The van der Waals surface area contributed by atoms with Crippen molar-refractivity contribution in [3.8, 4) is 0 Å². The largest absolute Gasteiger partial charge is 0.481 e. The lowest BCUT2D eigenvalue weighted by Crippen LogP contribution is -2.44. The van der Waals surface area contributed by atoms with Crippen molar-refractivity contribution in [2.75, 3.05) is 0 Å². The Morgan fingerprint density at radius 1 is 0.318 bits per heavy atom. The van der Waals surface area contributed by atoms with Gasteiger partial charge in [-0.25, -0.2) is 0 Å². The molecule has 5 fully saturated rings. The van der Waals surface area contributed by atoms with Crippen LogP contribution in [0.1, 0.15) is 105 Å². The highest BCUT2D eigenvalue weighted by atomic mass is 16.4. The molecule has 5 rings (SSSR count). The van der Waals surface area contributed by atoms with Crippen molar-refractivity contribution in [3.05, 3.63) is 0 Å². The maximum Gasteiger partial charge on any atom is 0.306 e. The first-order valence-electron chi connectivity index (χ1n) is 17.6. The SMILES string of the molecule is CC1C2CC(C(=O)O)CC(C2)C(C)C2CC(C(=O)O)CC(C2)C(C)C2CC(C(=O)O)CC(C2)C(C)C2CC(C(=O)O)CC1C2. The van der Waals surface area contributed by atoms with Crippen LogP contribution in [0, 0.1) is 94.7 Å². The molecule has 8 atom stereocenters. The van der Waals surface area contributed by atoms with E-state index in [-0.39, 0.29) is 71.0 Å². The van der Waals surface area contributed by atoms with E-state index in [0.717, 1.165) is 25.7 Å². The summed E-state index contributed by atoms with van der Waals surface area (Å²) in [7, 11) is 0. The number of fused-ring (bicyclic) bond motifs is 8. The fourth-order valence-corrected chi connectivity index (χ4v) is 11.4. The minimum absolute atomic E-state index is 0.197. The summed E-state index contributed by atoms with van der Waals surface area (Å²) in [6.07, 6.45) is 8.73. The molecule has 0 heterocycles. The van der Waals surface area contributed by atoms with Crippen molar-refractivity contribution in [1.29, 1.82) is 0 Å². The highest BCUT2D eigenvalue weighted by molar-refractivity contribution is 5.71.